The summed E-state index contributed by atoms with van der Waals surface area (Å²) in [6, 6.07) is 2.24. The van der Waals surface area contributed by atoms with E-state index in [0.29, 0.717) is 0 Å². The number of primary amides is 1. The van der Waals surface area contributed by atoms with E-state index >= 15 is 0 Å². The summed E-state index contributed by atoms with van der Waals surface area (Å²) in [5.74, 6) is 3.98. The molecule has 0 heterocycles. The zero-order valence-electron chi connectivity index (χ0n) is 10.9. The van der Waals surface area contributed by atoms with Crippen LogP contribution in [-0.2, 0) is 10.0 Å². The highest BCUT2D eigenvalue weighted by Gasteiger charge is 2.17. The Morgan fingerprint density at radius 2 is 2.10 bits per heavy atom. The molecule has 0 aliphatic carbocycles. The number of sulfonamides is 1. The monoisotopic (exact) mass is 315 g/mol. The van der Waals surface area contributed by atoms with Crippen LogP contribution in [-0.4, -0.2) is 39.3 Å². The van der Waals surface area contributed by atoms with Crippen LogP contribution in [0.5, 0.6) is 0 Å². The van der Waals surface area contributed by atoms with E-state index in [1.54, 1.807) is 0 Å². The minimum atomic E-state index is -3.93. The Morgan fingerprint density at radius 1 is 1.38 bits per heavy atom. The quantitative estimate of drug-likeness (QED) is 0.416. The summed E-state index contributed by atoms with van der Waals surface area (Å²) in [5, 5.41) is 10.8. The van der Waals surface area contributed by atoms with Gasteiger partial charge in [0.1, 0.15) is 12.4 Å². The molecule has 0 bridgehead atoms. The van der Waals surface area contributed by atoms with Crippen LogP contribution >= 0.6 is 0 Å². The Morgan fingerprint density at radius 3 is 2.71 bits per heavy atom. The first-order valence-electron chi connectivity index (χ1n) is 5.79. The Labute approximate surface area is 121 Å². The Balaban J connectivity index is 2.94. The van der Waals surface area contributed by atoms with E-state index in [0.717, 1.165) is 18.2 Å². The Hall–Kier alpha value is -2.15. The van der Waals surface area contributed by atoms with E-state index in [2.05, 4.69) is 21.9 Å². The number of nitrogens with two attached hydrogens (primary N) is 1. The third kappa shape index (κ3) is 5.39. The number of halogens is 1. The van der Waals surface area contributed by atoms with Gasteiger partial charge in [-0.3, -0.25) is 0 Å². The highest BCUT2D eigenvalue weighted by Crippen LogP contribution is 2.16. The zero-order chi connectivity index (χ0) is 15.9. The molecule has 7 nitrogen and oxygen atoms in total. The van der Waals surface area contributed by atoms with Gasteiger partial charge in [-0.15, -0.1) is 0 Å². The van der Waals surface area contributed by atoms with Crippen LogP contribution in [0.1, 0.15) is 5.56 Å². The molecule has 1 rings (SSSR count). The van der Waals surface area contributed by atoms with Gasteiger partial charge < -0.3 is 16.2 Å². The summed E-state index contributed by atoms with van der Waals surface area (Å²) in [7, 11) is -3.93. The standard InChI is InChI=1S/C12H14FN3O4S/c13-10-3-4-11(9(8-10)2-1-7-17)21(19,20)16-6-5-15-12(14)18/h3-4,8,16-17H,5-7H2,(H3,14,15,18). The van der Waals surface area contributed by atoms with Gasteiger partial charge in [-0.2, -0.15) is 0 Å². The maximum absolute atomic E-state index is 13.2. The summed E-state index contributed by atoms with van der Waals surface area (Å²) in [5.41, 5.74) is 4.77. The lowest BCUT2D eigenvalue weighted by atomic mass is 10.2. The average Bonchev–Trinajstić information content (AvgIpc) is 2.41. The van der Waals surface area contributed by atoms with Crippen molar-refractivity contribution in [1.29, 1.82) is 0 Å². The van der Waals surface area contributed by atoms with Gasteiger partial charge in [-0.25, -0.2) is 22.3 Å². The fourth-order valence-electron chi connectivity index (χ4n) is 1.42. The van der Waals surface area contributed by atoms with Crippen LogP contribution in [0.2, 0.25) is 0 Å². The van der Waals surface area contributed by atoms with Crippen LogP contribution in [0.3, 0.4) is 0 Å². The molecule has 0 radical (unpaired) electrons. The number of amides is 2. The number of nitrogens with one attached hydrogen (secondary N) is 2. The minimum Gasteiger partial charge on any atom is -0.384 e. The molecule has 0 unspecified atom stereocenters. The lowest BCUT2D eigenvalue weighted by Crippen LogP contribution is -2.37. The van der Waals surface area contributed by atoms with Gasteiger partial charge in [0, 0.05) is 18.7 Å². The molecule has 9 heteroatoms. The lowest BCUT2D eigenvalue weighted by molar-refractivity contribution is 0.249. The van der Waals surface area contributed by atoms with Gasteiger partial charge in [0.25, 0.3) is 0 Å². The molecule has 2 amide bonds. The second-order valence-electron chi connectivity index (χ2n) is 3.79. The molecule has 5 N–H and O–H groups in total. The van der Waals surface area contributed by atoms with Gasteiger partial charge in [-0.05, 0) is 18.2 Å². The maximum Gasteiger partial charge on any atom is 0.312 e. The van der Waals surface area contributed by atoms with Crippen molar-refractivity contribution in [3.8, 4) is 11.8 Å². The number of carbonyl (C=O) groups excluding carboxylic acids is 1. The molecule has 0 aromatic heterocycles. The van der Waals surface area contributed by atoms with Crippen LogP contribution in [0.25, 0.3) is 0 Å². The van der Waals surface area contributed by atoms with E-state index in [-0.39, 0.29) is 23.5 Å². The molecule has 0 fully saturated rings. The second-order valence-corrected chi connectivity index (χ2v) is 5.52. The van der Waals surface area contributed by atoms with Gasteiger partial charge in [0.05, 0.1) is 4.90 Å². The fourth-order valence-corrected chi connectivity index (χ4v) is 2.59. The van der Waals surface area contributed by atoms with E-state index in [4.69, 9.17) is 10.8 Å². The number of carbonyl (C=O) groups is 1. The van der Waals surface area contributed by atoms with Crippen molar-refractivity contribution in [3.63, 3.8) is 0 Å². The summed E-state index contributed by atoms with van der Waals surface area (Å²) in [4.78, 5) is 10.2. The SMILES string of the molecule is NC(=O)NCCNS(=O)(=O)c1ccc(F)cc1C#CCO. The number of hydrogen-bond acceptors (Lipinski definition) is 4. The molecule has 0 saturated carbocycles. The Kier molecular flexibility index (Phi) is 6.10. The third-order valence-corrected chi connectivity index (χ3v) is 3.77. The summed E-state index contributed by atoms with van der Waals surface area (Å²) in [6.07, 6.45) is 0. The molecule has 1 aromatic carbocycles. The number of aliphatic hydroxyl groups is 1. The Bertz CT molecular complexity index is 679. The molecule has 21 heavy (non-hydrogen) atoms. The predicted octanol–water partition coefficient (Wildman–Crippen LogP) is -0.884. The number of aliphatic hydroxyl groups excluding tert-OH is 1. The van der Waals surface area contributed by atoms with Gasteiger partial charge in [-0.1, -0.05) is 11.8 Å². The van der Waals surface area contributed by atoms with Gasteiger partial charge in [0.2, 0.25) is 10.0 Å². The normalized spacial score (nSPS) is 10.6. The van der Waals surface area contributed by atoms with E-state index in [9.17, 15) is 17.6 Å². The summed E-state index contributed by atoms with van der Waals surface area (Å²) in [6.45, 7) is -0.561. The van der Waals surface area contributed by atoms with Crippen molar-refractivity contribution in [2.75, 3.05) is 19.7 Å². The smallest absolute Gasteiger partial charge is 0.312 e. The first-order valence-corrected chi connectivity index (χ1v) is 7.27. The van der Waals surface area contributed by atoms with Crippen molar-refractivity contribution in [1.82, 2.24) is 10.0 Å². The molecule has 0 aliphatic heterocycles. The minimum absolute atomic E-state index is 0.00735. The molecule has 0 atom stereocenters. The number of rotatable bonds is 5. The lowest BCUT2D eigenvalue weighted by Gasteiger charge is -2.09. The topological polar surface area (TPSA) is 122 Å². The molecule has 0 spiro atoms. The van der Waals surface area contributed by atoms with E-state index in [1.165, 1.54) is 0 Å². The van der Waals surface area contributed by atoms with Crippen LogP contribution in [0.15, 0.2) is 23.1 Å². The summed E-state index contributed by atoms with van der Waals surface area (Å²) < 4.78 is 39.5. The largest absolute Gasteiger partial charge is 0.384 e. The number of urea groups is 1. The van der Waals surface area contributed by atoms with Crippen molar-refractivity contribution in [2.24, 2.45) is 5.73 Å². The first-order chi connectivity index (χ1) is 9.86. The highest BCUT2D eigenvalue weighted by atomic mass is 32.2. The van der Waals surface area contributed by atoms with Crippen molar-refractivity contribution in [2.45, 2.75) is 4.90 Å². The maximum atomic E-state index is 13.2. The fraction of sp³-hybridized carbons (Fsp3) is 0.250. The van der Waals surface area contributed by atoms with Crippen LogP contribution in [0, 0.1) is 17.7 Å². The molecule has 0 saturated heterocycles. The first kappa shape index (κ1) is 16.9. The number of hydrogen-bond donors (Lipinski definition) is 4. The van der Waals surface area contributed by atoms with Gasteiger partial charge >= 0.3 is 6.03 Å². The van der Waals surface area contributed by atoms with Crippen molar-refractivity contribution in [3.05, 3.63) is 29.6 Å². The van der Waals surface area contributed by atoms with Crippen molar-refractivity contribution >= 4 is 16.1 Å². The van der Waals surface area contributed by atoms with E-state index < -0.39 is 28.5 Å². The number of benzene rings is 1. The van der Waals surface area contributed by atoms with Crippen molar-refractivity contribution < 1.29 is 22.7 Å². The molecular weight excluding hydrogens is 301 g/mol. The molecule has 1 aromatic rings. The van der Waals surface area contributed by atoms with Crippen LogP contribution < -0.4 is 15.8 Å². The third-order valence-electron chi connectivity index (χ3n) is 2.25. The molecular formula is C12H14FN3O4S. The molecule has 0 aliphatic rings. The molecule has 114 valence electrons. The second kappa shape index (κ2) is 7.58. The highest BCUT2D eigenvalue weighted by molar-refractivity contribution is 7.89. The predicted molar refractivity (Wildman–Crippen MR) is 73.1 cm³/mol. The summed E-state index contributed by atoms with van der Waals surface area (Å²) >= 11 is 0. The van der Waals surface area contributed by atoms with Crippen LogP contribution in [0.4, 0.5) is 9.18 Å². The average molecular weight is 315 g/mol. The van der Waals surface area contributed by atoms with E-state index in [1.807, 2.05) is 0 Å². The zero-order valence-corrected chi connectivity index (χ0v) is 11.7. The van der Waals surface area contributed by atoms with Gasteiger partial charge in [0.15, 0.2) is 0 Å².